The molecule has 3 rings (SSSR count). The van der Waals surface area contributed by atoms with Gasteiger partial charge >= 0.3 is 5.97 Å². The van der Waals surface area contributed by atoms with Gasteiger partial charge in [-0.3, -0.25) is 9.59 Å². The van der Waals surface area contributed by atoms with E-state index in [1.54, 1.807) is 13.0 Å². The van der Waals surface area contributed by atoms with Crippen LogP contribution in [0, 0.1) is 5.92 Å². The summed E-state index contributed by atoms with van der Waals surface area (Å²) in [5.41, 5.74) is 7.82. The van der Waals surface area contributed by atoms with Gasteiger partial charge in [0, 0.05) is 29.8 Å². The zero-order valence-corrected chi connectivity index (χ0v) is 18.9. The van der Waals surface area contributed by atoms with Gasteiger partial charge in [-0.15, -0.1) is 0 Å². The first-order chi connectivity index (χ1) is 15.3. The van der Waals surface area contributed by atoms with Crippen LogP contribution in [0.5, 0.6) is 5.75 Å². The number of hydrogen-bond donors (Lipinski definition) is 1. The van der Waals surface area contributed by atoms with E-state index in [1.807, 2.05) is 63.2 Å². The van der Waals surface area contributed by atoms with E-state index in [0.29, 0.717) is 17.9 Å². The zero-order chi connectivity index (χ0) is 23.4. The Morgan fingerprint density at radius 2 is 1.75 bits per heavy atom. The molecule has 3 unspecified atom stereocenters. The summed E-state index contributed by atoms with van der Waals surface area (Å²) in [6, 6.07) is 15.0. The maximum atomic E-state index is 12.9. The molecule has 0 radical (unpaired) electrons. The SMILES string of the molecule is CCOC(=O)C(Oc1cccc2c1C(C(=O)C(N)=O)C(C)N2Cc1ccccc1)C(C)C. The number of carbonyl (C=O) groups excluding carboxylic acids is 3. The second-order valence-corrected chi connectivity index (χ2v) is 8.28. The topological polar surface area (TPSA) is 98.9 Å². The van der Waals surface area contributed by atoms with Crippen LogP contribution in [0.2, 0.25) is 0 Å². The second kappa shape index (κ2) is 9.85. The first-order valence-electron chi connectivity index (χ1n) is 10.9. The summed E-state index contributed by atoms with van der Waals surface area (Å²) in [4.78, 5) is 39.3. The van der Waals surface area contributed by atoms with Gasteiger partial charge in [-0.25, -0.2) is 4.79 Å². The number of anilines is 1. The third-order valence-electron chi connectivity index (χ3n) is 5.74. The molecule has 3 atom stereocenters. The lowest BCUT2D eigenvalue weighted by atomic mass is 9.90. The average Bonchev–Trinajstić information content (AvgIpc) is 3.04. The van der Waals surface area contributed by atoms with E-state index in [-0.39, 0.29) is 18.6 Å². The Hall–Kier alpha value is -3.35. The first-order valence-corrected chi connectivity index (χ1v) is 10.9. The van der Waals surface area contributed by atoms with Crippen molar-refractivity contribution in [3.63, 3.8) is 0 Å². The highest BCUT2D eigenvalue weighted by atomic mass is 16.6. The Balaban J connectivity index is 2.06. The summed E-state index contributed by atoms with van der Waals surface area (Å²) in [5, 5.41) is 0. The molecular formula is C25H30N2O5. The van der Waals surface area contributed by atoms with Gasteiger partial charge in [0.25, 0.3) is 5.91 Å². The largest absolute Gasteiger partial charge is 0.478 e. The van der Waals surface area contributed by atoms with Crippen LogP contribution >= 0.6 is 0 Å². The Labute approximate surface area is 188 Å². The predicted octanol–water partition coefficient (Wildman–Crippen LogP) is 3.20. The third-order valence-corrected chi connectivity index (χ3v) is 5.74. The Bertz CT molecular complexity index is 989. The van der Waals surface area contributed by atoms with Crippen LogP contribution in [0.4, 0.5) is 5.69 Å². The number of benzene rings is 2. The van der Waals surface area contributed by atoms with Gasteiger partial charge in [0.15, 0.2) is 6.10 Å². The van der Waals surface area contributed by atoms with Crippen molar-refractivity contribution < 1.29 is 23.9 Å². The summed E-state index contributed by atoms with van der Waals surface area (Å²) in [5.74, 6) is -2.70. The highest BCUT2D eigenvalue weighted by Crippen LogP contribution is 2.47. The molecule has 0 fully saturated rings. The highest BCUT2D eigenvalue weighted by molar-refractivity contribution is 6.38. The molecule has 0 saturated heterocycles. The van der Waals surface area contributed by atoms with Gasteiger partial charge in [-0.2, -0.15) is 0 Å². The number of ether oxygens (including phenoxy) is 2. The van der Waals surface area contributed by atoms with E-state index in [4.69, 9.17) is 15.2 Å². The molecule has 32 heavy (non-hydrogen) atoms. The molecule has 1 amide bonds. The summed E-state index contributed by atoms with van der Waals surface area (Å²) in [6.07, 6.45) is -0.843. The van der Waals surface area contributed by atoms with E-state index in [0.717, 1.165) is 11.3 Å². The number of rotatable bonds is 9. The maximum absolute atomic E-state index is 12.9. The number of ketones is 1. The van der Waals surface area contributed by atoms with Crippen LogP contribution in [0.1, 0.15) is 44.7 Å². The summed E-state index contributed by atoms with van der Waals surface area (Å²) in [7, 11) is 0. The highest BCUT2D eigenvalue weighted by Gasteiger charge is 2.44. The minimum Gasteiger partial charge on any atom is -0.478 e. The van der Waals surface area contributed by atoms with Crippen LogP contribution in [0.3, 0.4) is 0 Å². The van der Waals surface area contributed by atoms with Crippen molar-refractivity contribution in [2.24, 2.45) is 11.7 Å². The predicted molar refractivity (Wildman–Crippen MR) is 121 cm³/mol. The van der Waals surface area contributed by atoms with Crippen molar-refractivity contribution in [1.29, 1.82) is 0 Å². The number of amides is 1. The molecule has 0 aromatic heterocycles. The number of carbonyl (C=O) groups is 3. The number of fused-ring (bicyclic) bond motifs is 1. The number of nitrogens with zero attached hydrogens (tertiary/aromatic N) is 1. The minimum atomic E-state index is -0.991. The van der Waals surface area contributed by atoms with Crippen LogP contribution < -0.4 is 15.4 Å². The van der Waals surface area contributed by atoms with Crippen molar-refractivity contribution in [3.8, 4) is 5.75 Å². The van der Waals surface area contributed by atoms with E-state index < -0.39 is 29.7 Å². The fraction of sp³-hybridized carbons (Fsp3) is 0.400. The molecule has 7 heteroatoms. The fourth-order valence-corrected chi connectivity index (χ4v) is 4.17. The minimum absolute atomic E-state index is 0.158. The smallest absolute Gasteiger partial charge is 0.347 e. The summed E-state index contributed by atoms with van der Waals surface area (Å²) >= 11 is 0. The number of esters is 1. The van der Waals surface area contributed by atoms with Crippen molar-refractivity contribution in [2.45, 2.75) is 52.3 Å². The monoisotopic (exact) mass is 438 g/mol. The molecule has 0 bridgehead atoms. The van der Waals surface area contributed by atoms with Gasteiger partial charge in [-0.1, -0.05) is 50.2 Å². The number of nitrogens with two attached hydrogens (primary N) is 1. The van der Waals surface area contributed by atoms with Crippen molar-refractivity contribution in [3.05, 3.63) is 59.7 Å². The Morgan fingerprint density at radius 1 is 1.06 bits per heavy atom. The van der Waals surface area contributed by atoms with Crippen molar-refractivity contribution in [2.75, 3.05) is 11.5 Å². The summed E-state index contributed by atoms with van der Waals surface area (Å²) in [6.45, 7) is 8.14. The number of Topliss-reactive ketones (excluding diaryl/α,β-unsaturated/α-hetero) is 1. The summed E-state index contributed by atoms with van der Waals surface area (Å²) < 4.78 is 11.3. The van der Waals surface area contributed by atoms with E-state index in [9.17, 15) is 14.4 Å². The van der Waals surface area contributed by atoms with Crippen molar-refractivity contribution >= 4 is 23.3 Å². The molecule has 7 nitrogen and oxygen atoms in total. The molecular weight excluding hydrogens is 408 g/mol. The quantitative estimate of drug-likeness (QED) is 0.477. The molecule has 2 aromatic rings. The standard InChI is InChI=1S/C25H30N2O5/c1-5-31-25(30)23(15(2)3)32-19-13-9-12-18-21(19)20(22(28)24(26)29)16(4)27(18)14-17-10-7-6-8-11-17/h6-13,15-16,20,23H,5,14H2,1-4H3,(H2,26,29). The van der Waals surface area contributed by atoms with Crippen LogP contribution in [0.15, 0.2) is 48.5 Å². The lowest BCUT2D eigenvalue weighted by molar-refractivity contribution is -0.153. The van der Waals surface area contributed by atoms with Gasteiger partial charge < -0.3 is 20.1 Å². The van der Waals surface area contributed by atoms with E-state index in [1.165, 1.54) is 0 Å². The molecule has 1 aliphatic heterocycles. The fourth-order valence-electron chi connectivity index (χ4n) is 4.17. The van der Waals surface area contributed by atoms with Crippen LogP contribution in [-0.4, -0.2) is 36.4 Å². The van der Waals surface area contributed by atoms with Gasteiger partial charge in [0.2, 0.25) is 5.78 Å². The van der Waals surface area contributed by atoms with E-state index >= 15 is 0 Å². The normalized spacial score (nSPS) is 18.2. The van der Waals surface area contributed by atoms with Crippen molar-refractivity contribution in [1.82, 2.24) is 0 Å². The molecule has 1 heterocycles. The average molecular weight is 439 g/mol. The second-order valence-electron chi connectivity index (χ2n) is 8.28. The van der Waals surface area contributed by atoms with Crippen LogP contribution in [0.25, 0.3) is 0 Å². The molecule has 1 aliphatic rings. The van der Waals surface area contributed by atoms with E-state index in [2.05, 4.69) is 4.90 Å². The molecule has 2 N–H and O–H groups in total. The lowest BCUT2D eigenvalue weighted by Gasteiger charge is -2.26. The van der Waals surface area contributed by atoms with Crippen LogP contribution in [-0.2, 0) is 25.7 Å². The Morgan fingerprint density at radius 3 is 2.34 bits per heavy atom. The lowest BCUT2D eigenvalue weighted by Crippen LogP contribution is -2.38. The number of hydrogen-bond acceptors (Lipinski definition) is 6. The first kappa shape index (κ1) is 23.3. The van der Waals surface area contributed by atoms with Gasteiger partial charge in [-0.05, 0) is 31.5 Å². The Kier molecular flexibility index (Phi) is 7.18. The molecule has 0 saturated carbocycles. The molecule has 170 valence electrons. The molecule has 0 spiro atoms. The zero-order valence-electron chi connectivity index (χ0n) is 18.9. The maximum Gasteiger partial charge on any atom is 0.347 e. The number of primary amides is 1. The molecule has 2 aromatic carbocycles. The third kappa shape index (κ3) is 4.61. The van der Waals surface area contributed by atoms with Gasteiger partial charge in [0.05, 0.1) is 12.5 Å². The molecule has 0 aliphatic carbocycles. The van der Waals surface area contributed by atoms with Gasteiger partial charge in [0.1, 0.15) is 5.75 Å².